The lowest BCUT2D eigenvalue weighted by molar-refractivity contribution is 0.944. The van der Waals surface area contributed by atoms with Gasteiger partial charge in [0.25, 0.3) is 0 Å². The van der Waals surface area contributed by atoms with Gasteiger partial charge in [-0.3, -0.25) is 0 Å². The van der Waals surface area contributed by atoms with Gasteiger partial charge in [0.05, 0.1) is 12.5 Å². The molecule has 10 heavy (non-hydrogen) atoms. The fourth-order valence-corrected chi connectivity index (χ4v) is 0.868. The molecule has 2 rings (SSSR count). The van der Waals surface area contributed by atoms with E-state index in [1.54, 1.807) is 12.5 Å². The molecule has 0 atom stereocenters. The zero-order valence-corrected chi connectivity index (χ0v) is 5.52. The average Bonchev–Trinajstić information content (AvgIpc) is 2.34. The normalized spacial score (nSPS) is 10.5. The molecule has 4 nitrogen and oxygen atoms in total. The Balaban J connectivity index is 2.93. The monoisotopic (exact) mass is 134 g/mol. The van der Waals surface area contributed by atoms with E-state index in [1.807, 2.05) is 11.6 Å². The minimum atomic E-state index is 0.748. The summed E-state index contributed by atoms with van der Waals surface area (Å²) >= 11 is 0. The molecule has 2 aromatic heterocycles. The van der Waals surface area contributed by atoms with Gasteiger partial charge in [-0.1, -0.05) is 0 Å². The van der Waals surface area contributed by atoms with Gasteiger partial charge in [0.15, 0.2) is 5.65 Å². The molecule has 2 heterocycles. The van der Waals surface area contributed by atoms with Crippen molar-refractivity contribution >= 4 is 11.2 Å². The Kier molecular flexibility index (Phi) is 0.943. The van der Waals surface area contributed by atoms with Crippen molar-refractivity contribution < 1.29 is 0 Å². The van der Waals surface area contributed by atoms with Gasteiger partial charge < -0.3 is 4.57 Å². The fourth-order valence-electron chi connectivity index (χ4n) is 0.868. The van der Waals surface area contributed by atoms with Gasteiger partial charge in [-0.15, -0.1) is 0 Å². The Labute approximate surface area is 57.6 Å². The summed E-state index contributed by atoms with van der Waals surface area (Å²) in [6.45, 7) is 0. The molecule has 0 aliphatic carbocycles. The van der Waals surface area contributed by atoms with Crippen LogP contribution in [0.4, 0.5) is 0 Å². The number of hydrogen-bond acceptors (Lipinski definition) is 3. The standard InChI is InChI=1S/C6H6N4/c1-10-4-9-6-5(10)2-7-3-8-6/h2-4H,1H3. The van der Waals surface area contributed by atoms with Gasteiger partial charge in [0.2, 0.25) is 0 Å². The third kappa shape index (κ3) is 0.586. The fraction of sp³-hybridized carbons (Fsp3) is 0.167. The zero-order chi connectivity index (χ0) is 6.97. The quantitative estimate of drug-likeness (QED) is 0.522. The summed E-state index contributed by atoms with van der Waals surface area (Å²) in [5.74, 6) is 0. The van der Waals surface area contributed by atoms with E-state index in [-0.39, 0.29) is 0 Å². The minimum absolute atomic E-state index is 0.748. The Morgan fingerprint density at radius 2 is 2.30 bits per heavy atom. The largest absolute Gasteiger partial charge is 0.331 e. The van der Waals surface area contributed by atoms with Crippen LogP contribution in [0, 0.1) is 0 Å². The maximum atomic E-state index is 4.03. The first-order valence-corrected chi connectivity index (χ1v) is 2.95. The van der Waals surface area contributed by atoms with Gasteiger partial charge in [-0.25, -0.2) is 15.0 Å². The van der Waals surface area contributed by atoms with Crippen molar-refractivity contribution in [2.75, 3.05) is 0 Å². The van der Waals surface area contributed by atoms with Crippen molar-refractivity contribution in [2.24, 2.45) is 7.05 Å². The van der Waals surface area contributed by atoms with Gasteiger partial charge in [0.1, 0.15) is 11.8 Å². The Hall–Kier alpha value is -1.45. The second kappa shape index (κ2) is 1.76. The maximum absolute atomic E-state index is 4.03. The zero-order valence-electron chi connectivity index (χ0n) is 5.52. The lowest BCUT2D eigenvalue weighted by atomic mass is 10.5. The highest BCUT2D eigenvalue weighted by molar-refractivity contribution is 5.68. The SMILES string of the molecule is Cn1cnc2ncncc21. The van der Waals surface area contributed by atoms with Crippen LogP contribution in [-0.4, -0.2) is 19.5 Å². The van der Waals surface area contributed by atoms with Crippen molar-refractivity contribution in [3.05, 3.63) is 18.9 Å². The smallest absolute Gasteiger partial charge is 0.180 e. The molecule has 0 fully saturated rings. The first kappa shape index (κ1) is 5.34. The van der Waals surface area contributed by atoms with Crippen LogP contribution in [0.1, 0.15) is 0 Å². The average molecular weight is 134 g/mol. The predicted molar refractivity (Wildman–Crippen MR) is 36.3 cm³/mol. The summed E-state index contributed by atoms with van der Waals surface area (Å²) in [6.07, 6.45) is 4.96. The molecule has 0 aromatic carbocycles. The van der Waals surface area contributed by atoms with Crippen molar-refractivity contribution in [3.63, 3.8) is 0 Å². The molecule has 4 heteroatoms. The Bertz CT molecular complexity index is 351. The number of imidazole rings is 1. The van der Waals surface area contributed by atoms with Crippen LogP contribution < -0.4 is 0 Å². The maximum Gasteiger partial charge on any atom is 0.180 e. The molecule has 0 saturated heterocycles. The Morgan fingerprint density at radius 3 is 3.10 bits per heavy atom. The first-order chi connectivity index (χ1) is 4.88. The highest BCUT2D eigenvalue weighted by Crippen LogP contribution is 2.03. The topological polar surface area (TPSA) is 43.6 Å². The molecule has 0 aliphatic rings. The second-order valence-corrected chi connectivity index (χ2v) is 2.09. The Morgan fingerprint density at radius 1 is 1.40 bits per heavy atom. The predicted octanol–water partition coefficient (Wildman–Crippen LogP) is 0.363. The van der Waals surface area contributed by atoms with Gasteiger partial charge in [-0.05, 0) is 0 Å². The number of hydrogen-bond donors (Lipinski definition) is 0. The van der Waals surface area contributed by atoms with Gasteiger partial charge >= 0.3 is 0 Å². The molecule has 2 aromatic rings. The first-order valence-electron chi connectivity index (χ1n) is 2.95. The third-order valence-corrected chi connectivity index (χ3v) is 1.41. The van der Waals surface area contributed by atoms with Gasteiger partial charge in [0, 0.05) is 7.05 Å². The molecule has 0 unspecified atom stereocenters. The van der Waals surface area contributed by atoms with Crippen LogP contribution >= 0.6 is 0 Å². The molecule has 50 valence electrons. The molecule has 0 saturated carbocycles. The van der Waals surface area contributed by atoms with Crippen LogP contribution in [0.25, 0.3) is 11.2 Å². The third-order valence-electron chi connectivity index (χ3n) is 1.41. The number of rotatable bonds is 0. The van der Waals surface area contributed by atoms with Crippen molar-refractivity contribution in [3.8, 4) is 0 Å². The number of fused-ring (bicyclic) bond motifs is 1. The summed E-state index contributed by atoms with van der Waals surface area (Å²) in [5, 5.41) is 0. The van der Waals surface area contributed by atoms with E-state index < -0.39 is 0 Å². The van der Waals surface area contributed by atoms with Crippen LogP contribution in [0.3, 0.4) is 0 Å². The van der Waals surface area contributed by atoms with Crippen molar-refractivity contribution in [2.45, 2.75) is 0 Å². The van der Waals surface area contributed by atoms with Crippen LogP contribution in [0.2, 0.25) is 0 Å². The number of aryl methyl sites for hydroxylation is 1. The highest BCUT2D eigenvalue weighted by Gasteiger charge is 1.96. The van der Waals surface area contributed by atoms with E-state index in [0.717, 1.165) is 11.2 Å². The lowest BCUT2D eigenvalue weighted by Gasteiger charge is -1.88. The molecule has 0 aliphatic heterocycles. The molecular formula is C6H6N4. The highest BCUT2D eigenvalue weighted by atomic mass is 15.1. The summed E-state index contributed by atoms with van der Waals surface area (Å²) < 4.78 is 1.88. The number of aromatic nitrogens is 4. The number of nitrogens with zero attached hydrogens (tertiary/aromatic N) is 4. The molecular weight excluding hydrogens is 128 g/mol. The van der Waals surface area contributed by atoms with E-state index in [1.165, 1.54) is 6.33 Å². The lowest BCUT2D eigenvalue weighted by Crippen LogP contribution is -1.85. The molecule has 0 N–H and O–H groups in total. The van der Waals surface area contributed by atoms with E-state index in [9.17, 15) is 0 Å². The summed E-state index contributed by atoms with van der Waals surface area (Å²) in [5.41, 5.74) is 1.71. The van der Waals surface area contributed by atoms with Crippen LogP contribution in [0.5, 0.6) is 0 Å². The second-order valence-electron chi connectivity index (χ2n) is 2.09. The van der Waals surface area contributed by atoms with E-state index in [0.29, 0.717) is 0 Å². The van der Waals surface area contributed by atoms with Gasteiger partial charge in [-0.2, -0.15) is 0 Å². The molecule has 0 spiro atoms. The van der Waals surface area contributed by atoms with Crippen LogP contribution in [0.15, 0.2) is 18.9 Å². The van der Waals surface area contributed by atoms with Crippen molar-refractivity contribution in [1.82, 2.24) is 19.5 Å². The summed E-state index contributed by atoms with van der Waals surface area (Å²) in [6, 6.07) is 0. The van der Waals surface area contributed by atoms with E-state index in [4.69, 9.17) is 0 Å². The van der Waals surface area contributed by atoms with E-state index in [2.05, 4.69) is 15.0 Å². The molecule has 0 bridgehead atoms. The van der Waals surface area contributed by atoms with E-state index >= 15 is 0 Å². The minimum Gasteiger partial charge on any atom is -0.331 e. The van der Waals surface area contributed by atoms with Crippen LogP contribution in [-0.2, 0) is 7.05 Å². The summed E-state index contributed by atoms with van der Waals surface area (Å²) in [7, 11) is 1.92. The summed E-state index contributed by atoms with van der Waals surface area (Å²) in [4.78, 5) is 11.9. The molecule has 0 amide bonds. The van der Waals surface area contributed by atoms with Crippen molar-refractivity contribution in [1.29, 1.82) is 0 Å². The molecule has 0 radical (unpaired) electrons.